The fourth-order valence-corrected chi connectivity index (χ4v) is 6.17. The van der Waals surface area contributed by atoms with Crippen LogP contribution in [-0.4, -0.2) is 41.7 Å². The molecule has 2 heterocycles. The average molecular weight is 494 g/mol. The molecule has 0 spiro atoms. The van der Waals surface area contributed by atoms with E-state index in [9.17, 15) is 4.79 Å². The number of likely N-dealkylation sites (N-methyl/N-ethyl adjacent to an activating group) is 1. The summed E-state index contributed by atoms with van der Waals surface area (Å²) in [6.07, 6.45) is 3.13. The summed E-state index contributed by atoms with van der Waals surface area (Å²) in [7, 11) is 2.17. The van der Waals surface area contributed by atoms with Gasteiger partial charge in [-0.15, -0.1) is 0 Å². The van der Waals surface area contributed by atoms with Crippen LogP contribution >= 0.6 is 15.9 Å². The van der Waals surface area contributed by atoms with Crippen LogP contribution in [0.15, 0.2) is 59.2 Å². The first-order chi connectivity index (χ1) is 15.4. The van der Waals surface area contributed by atoms with Crippen molar-refractivity contribution in [3.8, 4) is 0 Å². The third kappa shape index (κ3) is 3.76. The van der Waals surface area contributed by atoms with E-state index in [4.69, 9.17) is 10.5 Å². The Morgan fingerprint density at radius 2 is 2.03 bits per heavy atom. The SMILES string of the molecule is CC(Cc1ccccc1)C(OC(N)=O)[C@@H]1C=C2c3cccc4[nH]c(Br)c(c34)C[C@H]2N(C)C1. The van der Waals surface area contributed by atoms with Gasteiger partial charge >= 0.3 is 6.09 Å². The lowest BCUT2D eigenvalue weighted by Gasteiger charge is -2.42. The van der Waals surface area contributed by atoms with Gasteiger partial charge in [0.2, 0.25) is 0 Å². The van der Waals surface area contributed by atoms with Crippen molar-refractivity contribution in [3.05, 3.63) is 75.9 Å². The van der Waals surface area contributed by atoms with Crippen molar-refractivity contribution in [1.29, 1.82) is 0 Å². The molecular weight excluding hydrogens is 466 g/mol. The number of rotatable bonds is 5. The number of fused-ring (bicyclic) bond motifs is 2. The van der Waals surface area contributed by atoms with E-state index in [0.717, 1.165) is 29.5 Å². The summed E-state index contributed by atoms with van der Waals surface area (Å²) in [4.78, 5) is 17.7. The number of carbonyl (C=O) groups is 1. The molecule has 0 bridgehead atoms. The smallest absolute Gasteiger partial charge is 0.404 e. The largest absolute Gasteiger partial charge is 0.445 e. The number of nitrogens with two attached hydrogens (primary N) is 1. The highest BCUT2D eigenvalue weighted by Crippen LogP contribution is 2.44. The van der Waals surface area contributed by atoms with Gasteiger partial charge in [-0.2, -0.15) is 0 Å². The molecule has 3 N–H and O–H groups in total. The Morgan fingerprint density at radius 3 is 2.78 bits per heavy atom. The molecule has 1 aliphatic carbocycles. The third-order valence-corrected chi connectivity index (χ3v) is 7.68. The molecule has 2 aromatic carbocycles. The Morgan fingerprint density at radius 1 is 1.25 bits per heavy atom. The fourth-order valence-electron chi connectivity index (χ4n) is 5.60. The highest BCUT2D eigenvalue weighted by Gasteiger charge is 2.39. The Labute approximate surface area is 196 Å². The van der Waals surface area contributed by atoms with Crippen LogP contribution in [0.3, 0.4) is 0 Å². The molecule has 32 heavy (non-hydrogen) atoms. The summed E-state index contributed by atoms with van der Waals surface area (Å²) in [6, 6.07) is 17.1. The van der Waals surface area contributed by atoms with Gasteiger partial charge in [0, 0.05) is 29.4 Å². The van der Waals surface area contributed by atoms with Crippen LogP contribution in [0.2, 0.25) is 0 Å². The maximum absolute atomic E-state index is 11.9. The molecule has 2 unspecified atom stereocenters. The lowest BCUT2D eigenvalue weighted by atomic mass is 9.77. The molecule has 1 amide bonds. The molecule has 1 aromatic heterocycles. The van der Waals surface area contributed by atoms with Crippen LogP contribution in [0.25, 0.3) is 16.5 Å². The number of aromatic nitrogens is 1. The zero-order valence-corrected chi connectivity index (χ0v) is 19.9. The highest BCUT2D eigenvalue weighted by atomic mass is 79.9. The topological polar surface area (TPSA) is 71.3 Å². The number of H-pyrrole nitrogens is 1. The predicted molar refractivity (Wildman–Crippen MR) is 131 cm³/mol. The second kappa shape index (κ2) is 8.41. The minimum Gasteiger partial charge on any atom is -0.445 e. The summed E-state index contributed by atoms with van der Waals surface area (Å²) in [6.45, 7) is 2.97. The van der Waals surface area contributed by atoms with E-state index in [1.807, 2.05) is 18.2 Å². The molecule has 5 rings (SSSR count). The summed E-state index contributed by atoms with van der Waals surface area (Å²) in [5, 5.41) is 1.29. The summed E-state index contributed by atoms with van der Waals surface area (Å²) >= 11 is 3.72. The molecule has 3 aromatic rings. The van der Waals surface area contributed by atoms with Gasteiger partial charge < -0.3 is 15.5 Å². The summed E-state index contributed by atoms with van der Waals surface area (Å²) < 4.78 is 6.82. The van der Waals surface area contributed by atoms with Crippen LogP contribution < -0.4 is 5.73 Å². The second-order valence-electron chi connectivity index (χ2n) is 9.16. The van der Waals surface area contributed by atoms with Crippen molar-refractivity contribution in [2.45, 2.75) is 31.9 Å². The van der Waals surface area contributed by atoms with Gasteiger partial charge in [0.15, 0.2) is 0 Å². The van der Waals surface area contributed by atoms with Crippen LogP contribution in [0.5, 0.6) is 0 Å². The zero-order valence-electron chi connectivity index (χ0n) is 18.3. The van der Waals surface area contributed by atoms with Gasteiger partial charge in [-0.3, -0.25) is 4.90 Å². The van der Waals surface area contributed by atoms with Crippen molar-refractivity contribution < 1.29 is 9.53 Å². The first kappa shape index (κ1) is 21.3. The van der Waals surface area contributed by atoms with Crippen LogP contribution in [-0.2, 0) is 17.6 Å². The normalized spacial score (nSPS) is 22.2. The number of ether oxygens (including phenoxy) is 1. The van der Waals surface area contributed by atoms with Gasteiger partial charge in [0.1, 0.15) is 6.10 Å². The first-order valence-electron chi connectivity index (χ1n) is 11.1. The number of halogens is 1. The lowest BCUT2D eigenvalue weighted by molar-refractivity contribution is 0.0320. The third-order valence-electron chi connectivity index (χ3n) is 7.00. The molecule has 166 valence electrons. The number of benzene rings is 2. The van der Waals surface area contributed by atoms with E-state index in [-0.39, 0.29) is 17.9 Å². The number of nitrogens with zero attached hydrogens (tertiary/aromatic N) is 1. The van der Waals surface area contributed by atoms with Gasteiger partial charge in [0.25, 0.3) is 0 Å². The molecular formula is C26H28BrN3O2. The molecule has 0 fully saturated rings. The molecule has 1 aliphatic heterocycles. The van der Waals surface area contributed by atoms with Crippen molar-refractivity contribution in [2.75, 3.05) is 13.6 Å². The quantitative estimate of drug-likeness (QED) is 0.516. The maximum atomic E-state index is 11.9. The number of hydrogen-bond acceptors (Lipinski definition) is 3. The molecule has 6 heteroatoms. The van der Waals surface area contributed by atoms with Crippen molar-refractivity contribution in [1.82, 2.24) is 9.88 Å². The van der Waals surface area contributed by atoms with Crippen LogP contribution in [0, 0.1) is 11.8 Å². The monoisotopic (exact) mass is 493 g/mol. The second-order valence-corrected chi connectivity index (χ2v) is 9.95. The molecule has 0 radical (unpaired) electrons. The summed E-state index contributed by atoms with van der Waals surface area (Å²) in [5.74, 6) is 0.199. The minimum atomic E-state index is -0.708. The number of aromatic amines is 1. The maximum Gasteiger partial charge on any atom is 0.404 e. The van der Waals surface area contributed by atoms with Gasteiger partial charge in [-0.1, -0.05) is 55.5 Å². The van der Waals surface area contributed by atoms with Gasteiger partial charge in [0.05, 0.1) is 4.60 Å². The number of amides is 1. The molecule has 4 atom stereocenters. The fraction of sp³-hybridized carbons (Fsp3) is 0.346. The van der Waals surface area contributed by atoms with Crippen molar-refractivity contribution >= 4 is 38.5 Å². The Kier molecular flexibility index (Phi) is 5.59. The molecule has 2 aliphatic rings. The standard InChI is InChI=1S/C26H28BrN3O2/c1-15(11-16-7-4-3-5-8-16)24(32-26(28)31)17-12-19-18-9-6-10-21-23(18)20(25(27)29-21)13-22(19)30(2)14-17/h3-10,12,15,17,22,24,29H,11,13-14H2,1-2H3,(H2,28,31)/t15?,17-,22-,24?/m1/s1. The van der Waals surface area contributed by atoms with E-state index in [2.05, 4.69) is 76.2 Å². The number of carbonyl (C=O) groups excluding carboxylic acids is 1. The average Bonchev–Trinajstić information content (AvgIpc) is 3.09. The first-order valence-corrected chi connectivity index (χ1v) is 11.9. The predicted octanol–water partition coefficient (Wildman–Crippen LogP) is 5.14. The van der Waals surface area contributed by atoms with Crippen molar-refractivity contribution in [2.24, 2.45) is 17.6 Å². The summed E-state index contributed by atoms with van der Waals surface area (Å²) in [5.41, 5.74) is 11.8. The van der Waals surface area contributed by atoms with Crippen LogP contribution in [0.4, 0.5) is 4.79 Å². The van der Waals surface area contributed by atoms with Crippen LogP contribution in [0.1, 0.15) is 23.6 Å². The zero-order chi connectivity index (χ0) is 22.4. The van der Waals surface area contributed by atoms with Gasteiger partial charge in [-0.05, 0) is 70.1 Å². The number of nitrogens with one attached hydrogen (secondary N) is 1. The highest BCUT2D eigenvalue weighted by molar-refractivity contribution is 9.10. The van der Waals surface area contributed by atoms with E-state index in [1.54, 1.807) is 0 Å². The van der Waals surface area contributed by atoms with E-state index >= 15 is 0 Å². The van der Waals surface area contributed by atoms with E-state index in [1.165, 1.54) is 27.6 Å². The van der Waals surface area contributed by atoms with E-state index in [0.29, 0.717) is 6.04 Å². The van der Waals surface area contributed by atoms with Gasteiger partial charge in [-0.25, -0.2) is 4.79 Å². The van der Waals surface area contributed by atoms with E-state index < -0.39 is 6.09 Å². The molecule has 5 nitrogen and oxygen atoms in total. The number of primary amides is 1. The number of hydrogen-bond donors (Lipinski definition) is 2. The Hall–Kier alpha value is -2.57. The van der Waals surface area contributed by atoms with Crippen molar-refractivity contribution in [3.63, 3.8) is 0 Å². The lowest BCUT2D eigenvalue weighted by Crippen LogP contribution is -2.48. The Bertz CT molecular complexity index is 1190. The molecule has 0 saturated heterocycles. The Balaban J connectivity index is 1.53. The minimum absolute atomic E-state index is 0.0663. The molecule has 0 saturated carbocycles.